The van der Waals surface area contributed by atoms with Gasteiger partial charge in [-0.1, -0.05) is 30.3 Å². The van der Waals surface area contributed by atoms with Crippen LogP contribution < -0.4 is 9.47 Å². The molecular formula is C25H27N3O4. The molecule has 3 aromatic rings. The summed E-state index contributed by atoms with van der Waals surface area (Å²) in [5, 5.41) is 1.23. The average Bonchev–Trinajstić information content (AvgIpc) is 3.26. The smallest absolute Gasteiger partial charge is 0.267 e. The topological polar surface area (TPSA) is 74.9 Å². The molecule has 2 aromatic carbocycles. The van der Waals surface area contributed by atoms with E-state index in [2.05, 4.69) is 17.1 Å². The van der Waals surface area contributed by atoms with Crippen molar-refractivity contribution in [3.63, 3.8) is 0 Å². The van der Waals surface area contributed by atoms with E-state index >= 15 is 0 Å². The molecule has 3 heterocycles. The van der Waals surface area contributed by atoms with E-state index in [9.17, 15) is 9.59 Å². The zero-order valence-corrected chi connectivity index (χ0v) is 18.0. The molecule has 7 heteroatoms. The zero-order valence-electron chi connectivity index (χ0n) is 18.0. The minimum atomic E-state index is -0.636. The Labute approximate surface area is 186 Å². The van der Waals surface area contributed by atoms with Crippen LogP contribution in [0.15, 0.2) is 54.7 Å². The monoisotopic (exact) mass is 433 g/mol. The van der Waals surface area contributed by atoms with Gasteiger partial charge in [-0.3, -0.25) is 9.59 Å². The molecule has 2 aliphatic heterocycles. The minimum absolute atomic E-state index is 0.0778. The molecule has 2 amide bonds. The quantitative estimate of drug-likeness (QED) is 0.671. The normalized spacial score (nSPS) is 18.1. The third-order valence-corrected chi connectivity index (χ3v) is 6.24. The maximum absolute atomic E-state index is 12.9. The Balaban J connectivity index is 1.08. The van der Waals surface area contributed by atoms with Gasteiger partial charge in [0.15, 0.2) is 11.5 Å². The Morgan fingerprint density at radius 2 is 1.66 bits per heavy atom. The van der Waals surface area contributed by atoms with Gasteiger partial charge < -0.3 is 24.3 Å². The third-order valence-electron chi connectivity index (χ3n) is 6.24. The first-order valence-corrected chi connectivity index (χ1v) is 11.2. The van der Waals surface area contributed by atoms with E-state index in [0.717, 1.165) is 18.4 Å². The van der Waals surface area contributed by atoms with Gasteiger partial charge in [0.05, 0.1) is 0 Å². The second-order valence-electron chi connectivity index (χ2n) is 8.28. The molecule has 0 aliphatic carbocycles. The van der Waals surface area contributed by atoms with Crippen LogP contribution in [-0.4, -0.2) is 65.5 Å². The van der Waals surface area contributed by atoms with Crippen molar-refractivity contribution in [2.75, 3.05) is 32.8 Å². The lowest BCUT2D eigenvalue weighted by molar-refractivity contribution is -0.146. The zero-order chi connectivity index (χ0) is 21.9. The number of carbonyl (C=O) groups excluding carboxylic acids is 2. The molecule has 0 bridgehead atoms. The lowest BCUT2D eigenvalue weighted by Crippen LogP contribution is -2.55. The van der Waals surface area contributed by atoms with Gasteiger partial charge in [0.25, 0.3) is 5.91 Å². The maximum atomic E-state index is 12.9. The molecule has 32 heavy (non-hydrogen) atoms. The number of nitrogens with one attached hydrogen (secondary N) is 1. The summed E-state index contributed by atoms with van der Waals surface area (Å²) >= 11 is 0. The molecule has 0 saturated carbocycles. The Kier molecular flexibility index (Phi) is 5.71. The summed E-state index contributed by atoms with van der Waals surface area (Å²) in [4.78, 5) is 32.5. The van der Waals surface area contributed by atoms with Crippen molar-refractivity contribution in [3.05, 3.63) is 60.3 Å². The molecule has 0 spiro atoms. The Morgan fingerprint density at radius 3 is 2.50 bits per heavy atom. The van der Waals surface area contributed by atoms with Gasteiger partial charge in [0.1, 0.15) is 6.61 Å². The number of aromatic nitrogens is 1. The lowest BCUT2D eigenvalue weighted by Gasteiger charge is -2.37. The highest BCUT2D eigenvalue weighted by Crippen LogP contribution is 2.31. The fourth-order valence-electron chi connectivity index (χ4n) is 4.45. The van der Waals surface area contributed by atoms with Crippen LogP contribution >= 0.6 is 0 Å². The highest BCUT2D eigenvalue weighted by molar-refractivity contribution is 5.84. The number of aromatic amines is 1. The molecule has 5 rings (SSSR count). The van der Waals surface area contributed by atoms with Crippen LogP contribution in [0.2, 0.25) is 0 Å². The highest BCUT2D eigenvalue weighted by atomic mass is 16.6. The first-order chi connectivity index (χ1) is 15.7. The lowest BCUT2D eigenvalue weighted by atomic mass is 10.1. The summed E-state index contributed by atoms with van der Waals surface area (Å²) < 4.78 is 11.5. The molecule has 1 fully saturated rings. The van der Waals surface area contributed by atoms with Crippen LogP contribution in [0.5, 0.6) is 11.5 Å². The van der Waals surface area contributed by atoms with Gasteiger partial charge in [-0.25, -0.2) is 0 Å². The molecule has 7 nitrogen and oxygen atoms in total. The van der Waals surface area contributed by atoms with Crippen LogP contribution in [0, 0.1) is 0 Å². The molecule has 0 radical (unpaired) electrons. The van der Waals surface area contributed by atoms with E-state index in [-0.39, 0.29) is 18.4 Å². The molecule has 1 atom stereocenters. The number of para-hydroxylation sites is 3. The maximum Gasteiger partial charge on any atom is 0.267 e. The molecule has 166 valence electrons. The highest BCUT2D eigenvalue weighted by Gasteiger charge is 2.33. The van der Waals surface area contributed by atoms with Crippen LogP contribution in [0.25, 0.3) is 10.9 Å². The summed E-state index contributed by atoms with van der Waals surface area (Å²) in [6.45, 7) is 2.37. The summed E-state index contributed by atoms with van der Waals surface area (Å²) in [6, 6.07) is 15.6. The van der Waals surface area contributed by atoms with Gasteiger partial charge in [-0.15, -0.1) is 0 Å². The number of hydrogen-bond donors (Lipinski definition) is 1. The predicted octanol–water partition coefficient (Wildman–Crippen LogP) is 3.00. The van der Waals surface area contributed by atoms with Crippen molar-refractivity contribution in [2.45, 2.75) is 25.4 Å². The van der Waals surface area contributed by atoms with Crippen LogP contribution in [0.4, 0.5) is 0 Å². The fraction of sp³-hybridized carbons (Fsp3) is 0.360. The second kappa shape index (κ2) is 8.94. The first-order valence-electron chi connectivity index (χ1n) is 11.2. The van der Waals surface area contributed by atoms with Crippen molar-refractivity contribution < 1.29 is 19.1 Å². The van der Waals surface area contributed by atoms with Crippen LogP contribution in [-0.2, 0) is 16.0 Å². The standard InChI is InChI=1S/C25H27N3O4/c29-24(11-5-6-18-16-26-20-8-2-1-7-19(18)20)27-12-14-28(15-13-27)25(30)23-17-31-21-9-3-4-10-22(21)32-23/h1-4,7-10,16,23,26H,5-6,11-15,17H2/t23-/m1/s1. The molecule has 0 unspecified atom stereocenters. The van der Waals surface area contributed by atoms with E-state index in [0.29, 0.717) is 44.1 Å². The van der Waals surface area contributed by atoms with Gasteiger partial charge in [0, 0.05) is 49.7 Å². The molecule has 2 aliphatic rings. The molecular weight excluding hydrogens is 406 g/mol. The van der Waals surface area contributed by atoms with Crippen molar-refractivity contribution in [2.24, 2.45) is 0 Å². The second-order valence-corrected chi connectivity index (χ2v) is 8.28. The number of H-pyrrole nitrogens is 1. The number of amides is 2. The molecule has 1 aromatic heterocycles. The number of fused-ring (bicyclic) bond motifs is 2. The number of carbonyl (C=O) groups is 2. The minimum Gasteiger partial charge on any atom is -0.485 e. The SMILES string of the molecule is O=C(CCCc1c[nH]c2ccccc12)N1CCN(C(=O)[C@H]2COc3ccccc3O2)CC1. The largest absolute Gasteiger partial charge is 0.485 e. The number of hydrogen-bond acceptors (Lipinski definition) is 4. The van der Waals surface area contributed by atoms with E-state index in [1.54, 1.807) is 4.90 Å². The number of rotatable bonds is 5. The Bertz CT molecular complexity index is 1120. The number of benzene rings is 2. The Hall–Kier alpha value is -3.48. The van der Waals surface area contributed by atoms with Crippen molar-refractivity contribution in [3.8, 4) is 11.5 Å². The number of piperazine rings is 1. The summed E-state index contributed by atoms with van der Waals surface area (Å²) in [7, 11) is 0. The Morgan fingerprint density at radius 1 is 0.938 bits per heavy atom. The van der Waals surface area contributed by atoms with Crippen molar-refractivity contribution in [1.82, 2.24) is 14.8 Å². The number of aryl methyl sites for hydroxylation is 1. The van der Waals surface area contributed by atoms with Gasteiger partial charge in [-0.05, 0) is 36.6 Å². The first kappa shape index (κ1) is 20.4. The van der Waals surface area contributed by atoms with E-state index in [1.807, 2.05) is 47.5 Å². The van der Waals surface area contributed by atoms with E-state index < -0.39 is 6.10 Å². The number of ether oxygens (including phenoxy) is 2. The predicted molar refractivity (Wildman–Crippen MR) is 121 cm³/mol. The van der Waals surface area contributed by atoms with Gasteiger partial charge in [-0.2, -0.15) is 0 Å². The fourth-order valence-corrected chi connectivity index (χ4v) is 4.45. The van der Waals surface area contributed by atoms with E-state index in [1.165, 1.54) is 10.9 Å². The van der Waals surface area contributed by atoms with Crippen molar-refractivity contribution in [1.29, 1.82) is 0 Å². The summed E-state index contributed by atoms with van der Waals surface area (Å²) in [6.07, 6.45) is 3.60. The van der Waals surface area contributed by atoms with Gasteiger partial charge in [0.2, 0.25) is 12.0 Å². The molecule has 1 N–H and O–H groups in total. The van der Waals surface area contributed by atoms with Crippen molar-refractivity contribution >= 4 is 22.7 Å². The average molecular weight is 434 g/mol. The van der Waals surface area contributed by atoms with Gasteiger partial charge >= 0.3 is 0 Å². The summed E-state index contributed by atoms with van der Waals surface area (Å²) in [5.41, 5.74) is 2.38. The summed E-state index contributed by atoms with van der Waals surface area (Å²) in [5.74, 6) is 1.34. The van der Waals surface area contributed by atoms with E-state index in [4.69, 9.17) is 9.47 Å². The molecule has 1 saturated heterocycles. The third kappa shape index (κ3) is 4.15. The van der Waals surface area contributed by atoms with Crippen LogP contribution in [0.3, 0.4) is 0 Å². The van der Waals surface area contributed by atoms with Crippen LogP contribution in [0.1, 0.15) is 18.4 Å². The number of nitrogens with zero attached hydrogens (tertiary/aromatic N) is 2.